The monoisotopic (exact) mass is 576 g/mol. The van der Waals surface area contributed by atoms with E-state index < -0.39 is 24.0 Å². The summed E-state index contributed by atoms with van der Waals surface area (Å²) < 4.78 is 17.0. The van der Waals surface area contributed by atoms with Crippen molar-refractivity contribution < 1.29 is 33.7 Å². The van der Waals surface area contributed by atoms with Crippen LogP contribution in [-0.2, 0) is 19.0 Å². The molecule has 0 fully saturated rings. The van der Waals surface area contributed by atoms with Crippen molar-refractivity contribution in [3.63, 3.8) is 0 Å². The summed E-state index contributed by atoms with van der Waals surface area (Å²) in [4.78, 5) is 40.4. The number of aliphatic hydroxyl groups excluding tert-OH is 1. The molecule has 10 heteroatoms. The number of imide groups is 1. The molecule has 41 heavy (non-hydrogen) atoms. The standard InChI is InChI=1S/C31H29ClN2O7/c1-19-15-23(8-10-26(19)34-30(37)24-9-7-22(32)18-25(24)31(34)38)33-29(36)27-16-21(20-5-3-2-4-6-20)17-28(41-27)40-14-13-39-12-11-35/h2-10,15-16,18,21,28,35H,11-14,17H2,1H3,(H,33,36)/t21-,28+/m1/s1. The molecule has 0 bridgehead atoms. The first-order valence-electron chi connectivity index (χ1n) is 13.2. The molecule has 3 aromatic rings. The highest BCUT2D eigenvalue weighted by molar-refractivity contribution is 6.37. The van der Waals surface area contributed by atoms with Crippen molar-refractivity contribution in [2.75, 3.05) is 36.6 Å². The van der Waals surface area contributed by atoms with E-state index in [1.165, 1.54) is 6.07 Å². The molecule has 2 aliphatic heterocycles. The topological polar surface area (TPSA) is 114 Å². The third kappa shape index (κ3) is 6.34. The van der Waals surface area contributed by atoms with Gasteiger partial charge in [0.2, 0.25) is 6.29 Å². The van der Waals surface area contributed by atoms with E-state index in [2.05, 4.69) is 5.32 Å². The van der Waals surface area contributed by atoms with Gasteiger partial charge in [-0.05, 0) is 60.5 Å². The molecule has 2 aliphatic rings. The lowest BCUT2D eigenvalue weighted by Gasteiger charge is -2.29. The zero-order valence-corrected chi connectivity index (χ0v) is 23.1. The van der Waals surface area contributed by atoms with E-state index in [0.29, 0.717) is 33.9 Å². The van der Waals surface area contributed by atoms with Gasteiger partial charge in [-0.25, -0.2) is 4.90 Å². The van der Waals surface area contributed by atoms with Gasteiger partial charge < -0.3 is 24.6 Å². The summed E-state index contributed by atoms with van der Waals surface area (Å²) in [6.07, 6.45) is 1.62. The Bertz CT molecular complexity index is 1490. The molecule has 3 amide bonds. The number of amides is 3. The van der Waals surface area contributed by atoms with Crippen LogP contribution in [0.1, 0.15) is 44.2 Å². The Morgan fingerprint density at radius 2 is 1.80 bits per heavy atom. The number of nitrogens with zero attached hydrogens (tertiary/aromatic N) is 1. The largest absolute Gasteiger partial charge is 0.459 e. The van der Waals surface area contributed by atoms with E-state index in [0.717, 1.165) is 10.5 Å². The van der Waals surface area contributed by atoms with E-state index in [4.69, 9.17) is 30.9 Å². The van der Waals surface area contributed by atoms with Crippen molar-refractivity contribution in [1.82, 2.24) is 0 Å². The Hall–Kier alpha value is -4.02. The summed E-state index contributed by atoms with van der Waals surface area (Å²) in [6, 6.07) is 19.3. The molecule has 0 aliphatic carbocycles. The minimum absolute atomic E-state index is 0.0727. The van der Waals surface area contributed by atoms with Crippen LogP contribution in [0.4, 0.5) is 11.4 Å². The van der Waals surface area contributed by atoms with Crippen molar-refractivity contribution in [3.05, 3.63) is 106 Å². The highest BCUT2D eigenvalue weighted by Crippen LogP contribution is 2.34. The van der Waals surface area contributed by atoms with Crippen molar-refractivity contribution in [2.24, 2.45) is 0 Å². The number of rotatable bonds is 10. The molecule has 0 spiro atoms. The first-order chi connectivity index (χ1) is 19.9. The molecule has 2 N–H and O–H groups in total. The fourth-order valence-electron chi connectivity index (χ4n) is 4.86. The maximum Gasteiger partial charge on any atom is 0.290 e. The first kappa shape index (κ1) is 28.5. The number of hydrogen-bond acceptors (Lipinski definition) is 7. The fourth-order valence-corrected chi connectivity index (χ4v) is 5.04. The number of fused-ring (bicyclic) bond motifs is 1. The van der Waals surface area contributed by atoms with Gasteiger partial charge in [0, 0.05) is 23.0 Å². The summed E-state index contributed by atoms with van der Waals surface area (Å²) in [5.41, 5.74) is 3.08. The number of carbonyl (C=O) groups is 3. The molecule has 212 valence electrons. The van der Waals surface area contributed by atoms with Crippen molar-refractivity contribution in [3.8, 4) is 0 Å². The van der Waals surface area contributed by atoms with Crippen LogP contribution < -0.4 is 10.2 Å². The van der Waals surface area contributed by atoms with Crippen LogP contribution >= 0.6 is 11.6 Å². The highest BCUT2D eigenvalue weighted by Gasteiger charge is 2.37. The molecule has 2 atom stereocenters. The van der Waals surface area contributed by atoms with Gasteiger partial charge in [0.05, 0.1) is 43.2 Å². The molecular weight excluding hydrogens is 548 g/mol. The van der Waals surface area contributed by atoms with Crippen LogP contribution in [0.2, 0.25) is 5.02 Å². The normalized spacial score (nSPS) is 18.1. The van der Waals surface area contributed by atoms with Gasteiger partial charge in [-0.1, -0.05) is 41.9 Å². The van der Waals surface area contributed by atoms with Crippen LogP contribution in [0, 0.1) is 6.92 Å². The zero-order chi connectivity index (χ0) is 28.9. The molecule has 0 saturated carbocycles. The summed E-state index contributed by atoms with van der Waals surface area (Å²) in [7, 11) is 0. The maximum absolute atomic E-state index is 13.3. The van der Waals surface area contributed by atoms with Crippen molar-refractivity contribution in [1.29, 1.82) is 0 Å². The van der Waals surface area contributed by atoms with Crippen molar-refractivity contribution in [2.45, 2.75) is 25.6 Å². The van der Waals surface area contributed by atoms with E-state index in [1.807, 2.05) is 30.3 Å². The number of carbonyl (C=O) groups excluding carboxylic acids is 3. The number of benzene rings is 3. The number of ether oxygens (including phenoxy) is 3. The smallest absolute Gasteiger partial charge is 0.290 e. The van der Waals surface area contributed by atoms with Gasteiger partial charge in [-0.2, -0.15) is 0 Å². The lowest BCUT2D eigenvalue weighted by atomic mass is 9.93. The molecule has 2 heterocycles. The van der Waals surface area contributed by atoms with E-state index >= 15 is 0 Å². The highest BCUT2D eigenvalue weighted by atomic mass is 35.5. The predicted molar refractivity (Wildman–Crippen MR) is 153 cm³/mol. The van der Waals surface area contributed by atoms with Crippen LogP contribution in [0.5, 0.6) is 0 Å². The van der Waals surface area contributed by atoms with E-state index in [1.54, 1.807) is 43.3 Å². The van der Waals surface area contributed by atoms with Crippen LogP contribution in [0.15, 0.2) is 78.6 Å². The third-order valence-electron chi connectivity index (χ3n) is 6.82. The molecule has 3 aromatic carbocycles. The second-order valence-electron chi connectivity index (χ2n) is 9.63. The number of aryl methyl sites for hydroxylation is 1. The molecule has 0 radical (unpaired) electrons. The number of aliphatic hydroxyl groups is 1. The minimum atomic E-state index is -0.671. The Morgan fingerprint density at radius 3 is 2.56 bits per heavy atom. The Labute approximate surface area is 242 Å². The molecule has 0 aromatic heterocycles. The predicted octanol–water partition coefficient (Wildman–Crippen LogP) is 4.83. The summed E-state index contributed by atoms with van der Waals surface area (Å²) in [6.45, 7) is 2.43. The number of hydrogen-bond donors (Lipinski definition) is 2. The molecule has 0 unspecified atom stereocenters. The van der Waals surface area contributed by atoms with Gasteiger partial charge in [-0.15, -0.1) is 0 Å². The van der Waals surface area contributed by atoms with Gasteiger partial charge in [0.25, 0.3) is 17.7 Å². The van der Waals surface area contributed by atoms with E-state index in [9.17, 15) is 14.4 Å². The molecule has 9 nitrogen and oxygen atoms in total. The minimum Gasteiger partial charge on any atom is -0.459 e. The Balaban J connectivity index is 1.31. The third-order valence-corrected chi connectivity index (χ3v) is 7.06. The number of nitrogens with one attached hydrogen (secondary N) is 1. The van der Waals surface area contributed by atoms with Crippen LogP contribution in [-0.4, -0.2) is 55.5 Å². The Kier molecular flexibility index (Phi) is 8.80. The van der Waals surface area contributed by atoms with Crippen LogP contribution in [0.25, 0.3) is 0 Å². The maximum atomic E-state index is 13.3. The van der Waals surface area contributed by atoms with E-state index in [-0.39, 0.29) is 43.7 Å². The lowest BCUT2D eigenvalue weighted by molar-refractivity contribution is -0.148. The number of anilines is 2. The summed E-state index contributed by atoms with van der Waals surface area (Å²) in [5.74, 6) is -1.33. The second kappa shape index (κ2) is 12.7. The lowest BCUT2D eigenvalue weighted by Crippen LogP contribution is -2.31. The second-order valence-corrected chi connectivity index (χ2v) is 10.1. The summed E-state index contributed by atoms with van der Waals surface area (Å²) in [5, 5.41) is 12.1. The average molecular weight is 577 g/mol. The molecule has 0 saturated heterocycles. The average Bonchev–Trinajstić information content (AvgIpc) is 3.22. The number of allylic oxidation sites excluding steroid dienone is 1. The van der Waals surface area contributed by atoms with Gasteiger partial charge in [0.1, 0.15) is 0 Å². The first-order valence-corrected chi connectivity index (χ1v) is 13.6. The number of halogens is 1. The van der Waals surface area contributed by atoms with Crippen LogP contribution in [0.3, 0.4) is 0 Å². The fraction of sp³-hybridized carbons (Fsp3) is 0.258. The molecular formula is C31H29ClN2O7. The molecule has 5 rings (SSSR count). The SMILES string of the molecule is Cc1cc(NC(=O)C2=C[C@@H](c3ccccc3)C[C@@H](OCCOCCO)O2)ccc1N1C(=O)c2ccc(Cl)cc2C1=O. The van der Waals surface area contributed by atoms with Gasteiger partial charge >= 0.3 is 0 Å². The quantitative estimate of drug-likeness (QED) is 0.262. The zero-order valence-electron chi connectivity index (χ0n) is 22.3. The summed E-state index contributed by atoms with van der Waals surface area (Å²) >= 11 is 6.03. The van der Waals surface area contributed by atoms with Gasteiger partial charge in [0.15, 0.2) is 5.76 Å². The Morgan fingerprint density at radius 1 is 1.02 bits per heavy atom. The van der Waals surface area contributed by atoms with Crippen molar-refractivity contribution >= 4 is 40.7 Å². The van der Waals surface area contributed by atoms with Gasteiger partial charge in [-0.3, -0.25) is 14.4 Å².